The maximum absolute atomic E-state index is 13.0. The van der Waals surface area contributed by atoms with Gasteiger partial charge in [-0.2, -0.15) is 0 Å². The summed E-state index contributed by atoms with van der Waals surface area (Å²) in [6.07, 6.45) is 0. The Kier molecular flexibility index (Phi) is 6.45. The van der Waals surface area contributed by atoms with Crippen LogP contribution in [-0.4, -0.2) is 36.1 Å². The molecule has 0 aliphatic heterocycles. The van der Waals surface area contributed by atoms with Gasteiger partial charge in [0.05, 0.1) is 25.0 Å². The average molecular weight is 387 g/mol. The largest absolute Gasteiger partial charge is 0.495 e. The average Bonchev–Trinajstić information content (AvgIpc) is 2.84. The Morgan fingerprint density at radius 3 is 2.39 bits per heavy atom. The number of esters is 1. The van der Waals surface area contributed by atoms with E-state index in [1.807, 2.05) is 0 Å². The molecule has 0 aliphatic rings. The molecule has 2 rings (SSSR count). The number of ether oxygens (including phenoxy) is 2. The molecule has 0 aliphatic carbocycles. The monoisotopic (exact) mass is 387 g/mol. The minimum Gasteiger partial charge on any atom is -0.495 e. The van der Waals surface area contributed by atoms with Crippen LogP contribution >= 0.6 is 0 Å². The van der Waals surface area contributed by atoms with E-state index in [2.05, 4.69) is 10.6 Å². The summed E-state index contributed by atoms with van der Waals surface area (Å²) in [7, 11) is 3.20. The van der Waals surface area contributed by atoms with E-state index < -0.39 is 5.97 Å². The molecule has 8 heteroatoms. The Bertz CT molecular complexity index is 930. The molecule has 1 aromatic heterocycles. The summed E-state index contributed by atoms with van der Waals surface area (Å²) in [5, 5.41) is 5.47. The van der Waals surface area contributed by atoms with Gasteiger partial charge < -0.3 is 24.7 Å². The van der Waals surface area contributed by atoms with E-state index >= 15 is 0 Å². The summed E-state index contributed by atoms with van der Waals surface area (Å²) in [6.45, 7) is 6.84. The van der Waals surface area contributed by atoms with Crippen LogP contribution < -0.4 is 15.4 Å². The topological polar surface area (TPSA) is 98.7 Å². The molecule has 2 aromatic rings. The van der Waals surface area contributed by atoms with Gasteiger partial charge in [-0.3, -0.25) is 9.59 Å². The lowest BCUT2D eigenvalue weighted by Gasteiger charge is -2.13. The minimum atomic E-state index is -0.477. The normalized spacial score (nSPS) is 10.4. The first-order valence-corrected chi connectivity index (χ1v) is 8.81. The number of rotatable bonds is 6. The van der Waals surface area contributed by atoms with Crippen molar-refractivity contribution in [2.75, 3.05) is 24.4 Å². The summed E-state index contributed by atoms with van der Waals surface area (Å²) in [6, 6.07) is 4.93. The van der Waals surface area contributed by atoms with Gasteiger partial charge in [-0.15, -0.1) is 0 Å². The second-order valence-corrected chi connectivity index (χ2v) is 6.26. The lowest BCUT2D eigenvalue weighted by Crippen LogP contribution is -2.15. The number of hydrogen-bond acceptors (Lipinski definition) is 5. The molecule has 28 heavy (non-hydrogen) atoms. The SMILES string of the molecule is CCOC(=O)c1c(C)c(C(=O)Nc2cc(NC(C)=O)ccc2OC)c(C)n1C. The van der Waals surface area contributed by atoms with E-state index in [4.69, 9.17) is 9.47 Å². The summed E-state index contributed by atoms with van der Waals surface area (Å²) < 4.78 is 12.0. The van der Waals surface area contributed by atoms with Crippen molar-refractivity contribution in [1.29, 1.82) is 0 Å². The predicted octanol–water partition coefficient (Wildman–Crippen LogP) is 3.04. The minimum absolute atomic E-state index is 0.226. The highest BCUT2D eigenvalue weighted by Crippen LogP contribution is 2.30. The number of benzene rings is 1. The van der Waals surface area contributed by atoms with E-state index in [-0.39, 0.29) is 18.4 Å². The second-order valence-electron chi connectivity index (χ2n) is 6.26. The maximum Gasteiger partial charge on any atom is 0.355 e. The van der Waals surface area contributed by atoms with Crippen LogP contribution in [0.4, 0.5) is 11.4 Å². The van der Waals surface area contributed by atoms with Crippen LogP contribution in [0.15, 0.2) is 18.2 Å². The van der Waals surface area contributed by atoms with Crippen molar-refractivity contribution >= 4 is 29.2 Å². The van der Waals surface area contributed by atoms with Crippen molar-refractivity contribution in [2.24, 2.45) is 7.05 Å². The highest BCUT2D eigenvalue weighted by molar-refractivity contribution is 6.09. The number of hydrogen-bond donors (Lipinski definition) is 2. The van der Waals surface area contributed by atoms with Crippen molar-refractivity contribution < 1.29 is 23.9 Å². The quantitative estimate of drug-likeness (QED) is 0.743. The number of nitrogens with zero attached hydrogens (tertiary/aromatic N) is 1. The molecule has 0 spiro atoms. The molecule has 2 N–H and O–H groups in total. The zero-order chi connectivity index (χ0) is 21.0. The van der Waals surface area contributed by atoms with Gasteiger partial charge in [-0.05, 0) is 44.5 Å². The molecular weight excluding hydrogens is 362 g/mol. The number of methoxy groups -OCH3 is 1. The highest BCUT2D eigenvalue weighted by atomic mass is 16.5. The standard InChI is InChI=1S/C20H25N3O5/c1-7-28-20(26)18-11(2)17(12(3)23(18)5)19(25)22-15-10-14(21-13(4)24)8-9-16(15)27-6/h8-10H,7H2,1-6H3,(H,21,24)(H,22,25). The van der Waals surface area contributed by atoms with Gasteiger partial charge in [0.25, 0.3) is 5.91 Å². The third kappa shape index (κ3) is 4.16. The first-order chi connectivity index (χ1) is 13.2. The van der Waals surface area contributed by atoms with E-state index in [1.54, 1.807) is 50.6 Å². The molecule has 1 heterocycles. The molecular formula is C20H25N3O5. The van der Waals surface area contributed by atoms with Crippen molar-refractivity contribution in [3.63, 3.8) is 0 Å². The van der Waals surface area contributed by atoms with Gasteiger partial charge in [0.15, 0.2) is 0 Å². The molecule has 0 saturated carbocycles. The zero-order valence-electron chi connectivity index (χ0n) is 16.9. The second kappa shape index (κ2) is 8.60. The van der Waals surface area contributed by atoms with E-state index in [0.717, 1.165) is 0 Å². The van der Waals surface area contributed by atoms with Crippen LogP contribution in [0.1, 0.15) is 46.0 Å². The lowest BCUT2D eigenvalue weighted by atomic mass is 10.1. The number of amides is 2. The number of carbonyl (C=O) groups excluding carboxylic acids is 3. The maximum atomic E-state index is 13.0. The fourth-order valence-corrected chi connectivity index (χ4v) is 3.07. The summed E-state index contributed by atoms with van der Waals surface area (Å²) >= 11 is 0. The number of carbonyl (C=O) groups is 3. The Morgan fingerprint density at radius 2 is 1.82 bits per heavy atom. The highest BCUT2D eigenvalue weighted by Gasteiger charge is 2.26. The molecule has 0 fully saturated rings. The van der Waals surface area contributed by atoms with Gasteiger partial charge in [0, 0.05) is 25.4 Å². The van der Waals surface area contributed by atoms with Crippen molar-refractivity contribution in [1.82, 2.24) is 4.57 Å². The van der Waals surface area contributed by atoms with Crippen molar-refractivity contribution in [2.45, 2.75) is 27.7 Å². The van der Waals surface area contributed by atoms with Crippen molar-refractivity contribution in [3.05, 3.63) is 40.7 Å². The van der Waals surface area contributed by atoms with Crippen LogP contribution in [0.5, 0.6) is 5.75 Å². The van der Waals surface area contributed by atoms with Gasteiger partial charge in [-0.1, -0.05) is 0 Å². The summed E-state index contributed by atoms with van der Waals surface area (Å²) in [4.78, 5) is 36.5. The predicted molar refractivity (Wildman–Crippen MR) is 106 cm³/mol. The number of nitrogens with one attached hydrogen (secondary N) is 2. The van der Waals surface area contributed by atoms with Gasteiger partial charge >= 0.3 is 5.97 Å². The van der Waals surface area contributed by atoms with Crippen LogP contribution in [0.3, 0.4) is 0 Å². The molecule has 1 aromatic carbocycles. The van der Waals surface area contributed by atoms with Gasteiger partial charge in [0.2, 0.25) is 5.91 Å². The molecule has 0 atom stereocenters. The fraction of sp³-hybridized carbons (Fsp3) is 0.350. The number of anilines is 2. The van der Waals surface area contributed by atoms with Crippen LogP contribution in [0, 0.1) is 13.8 Å². The third-order valence-corrected chi connectivity index (χ3v) is 4.39. The molecule has 0 radical (unpaired) electrons. The van der Waals surface area contributed by atoms with Crippen molar-refractivity contribution in [3.8, 4) is 5.75 Å². The van der Waals surface area contributed by atoms with E-state index in [0.29, 0.717) is 39.6 Å². The fourth-order valence-electron chi connectivity index (χ4n) is 3.07. The number of aromatic nitrogens is 1. The van der Waals surface area contributed by atoms with Crippen LogP contribution in [0.2, 0.25) is 0 Å². The van der Waals surface area contributed by atoms with Crippen LogP contribution in [0.25, 0.3) is 0 Å². The molecule has 8 nitrogen and oxygen atoms in total. The molecule has 0 bridgehead atoms. The zero-order valence-corrected chi connectivity index (χ0v) is 16.9. The first-order valence-electron chi connectivity index (χ1n) is 8.81. The lowest BCUT2D eigenvalue weighted by molar-refractivity contribution is -0.114. The molecule has 0 saturated heterocycles. The Labute approximate surface area is 163 Å². The molecule has 150 valence electrons. The van der Waals surface area contributed by atoms with E-state index in [9.17, 15) is 14.4 Å². The molecule has 2 amide bonds. The van der Waals surface area contributed by atoms with Gasteiger partial charge in [0.1, 0.15) is 11.4 Å². The Morgan fingerprint density at radius 1 is 1.14 bits per heavy atom. The summed E-state index contributed by atoms with van der Waals surface area (Å²) in [5.41, 5.74) is 2.82. The Balaban J connectivity index is 2.42. The Hall–Kier alpha value is -3.29. The van der Waals surface area contributed by atoms with Gasteiger partial charge in [-0.25, -0.2) is 4.79 Å². The third-order valence-electron chi connectivity index (χ3n) is 4.39. The van der Waals surface area contributed by atoms with E-state index in [1.165, 1.54) is 14.0 Å². The summed E-state index contributed by atoms with van der Waals surface area (Å²) in [5.74, 6) is -0.648. The van der Waals surface area contributed by atoms with Crippen LogP contribution in [-0.2, 0) is 16.6 Å². The molecule has 0 unspecified atom stereocenters. The smallest absolute Gasteiger partial charge is 0.355 e. The first kappa shape index (κ1) is 21.0.